The molecule has 50 valence electrons. The van der Waals surface area contributed by atoms with Gasteiger partial charge in [0.1, 0.15) is 0 Å². The van der Waals surface area contributed by atoms with Crippen molar-refractivity contribution in [3.8, 4) is 0 Å². The molecule has 0 atom stereocenters. The van der Waals surface area contributed by atoms with Crippen LogP contribution < -0.4 is 5.32 Å². The van der Waals surface area contributed by atoms with Crippen LogP contribution in [-0.4, -0.2) is 18.8 Å². The highest BCUT2D eigenvalue weighted by Crippen LogP contribution is 2.05. The Hall–Kier alpha value is 0.600. The zero-order valence-electron chi connectivity index (χ0n) is 5.11. The molecule has 0 saturated heterocycles. The predicted molar refractivity (Wildman–Crippen MR) is 41.5 cm³/mol. The van der Waals surface area contributed by atoms with Crippen molar-refractivity contribution in [2.24, 2.45) is 0 Å². The van der Waals surface area contributed by atoms with Crippen molar-refractivity contribution < 1.29 is 0 Å². The number of hydrogen-bond donors (Lipinski definition) is 1. The van der Waals surface area contributed by atoms with Crippen molar-refractivity contribution in [1.82, 2.24) is 5.32 Å². The number of hydrogen-bond acceptors (Lipinski definition) is 2. The Kier molecular flexibility index (Phi) is 8.17. The normalized spacial score (nSPS) is 9.75. The van der Waals surface area contributed by atoms with Gasteiger partial charge in [-0.3, -0.25) is 0 Å². The molecular weight excluding hydrogens is 142 g/mol. The van der Waals surface area contributed by atoms with Gasteiger partial charge >= 0.3 is 0 Å². The Bertz CT molecular complexity index is 37.4. The Morgan fingerprint density at radius 1 is 1.62 bits per heavy atom. The molecule has 3 heteroatoms. The molecule has 0 aromatic rings. The van der Waals surface area contributed by atoms with Crippen LogP contribution in [0.5, 0.6) is 0 Å². The molecule has 0 heterocycles. The molecule has 0 bridgehead atoms. The highest BCUT2D eigenvalue weighted by atomic mass is 35.7. The summed E-state index contributed by atoms with van der Waals surface area (Å²) in [4.78, 5) is 0. The molecule has 0 spiro atoms. The van der Waals surface area contributed by atoms with E-state index in [0.717, 1.165) is 18.8 Å². The molecule has 0 aliphatic heterocycles. The van der Waals surface area contributed by atoms with Crippen LogP contribution in [0.15, 0.2) is 0 Å². The van der Waals surface area contributed by atoms with E-state index in [1.54, 1.807) is 0 Å². The second-order valence-electron chi connectivity index (χ2n) is 1.52. The van der Waals surface area contributed by atoms with E-state index in [1.807, 2.05) is 0 Å². The molecule has 0 rings (SSSR count). The molecule has 0 radical (unpaired) electrons. The van der Waals surface area contributed by atoms with Gasteiger partial charge in [0.25, 0.3) is 0 Å². The summed E-state index contributed by atoms with van der Waals surface area (Å²) < 4.78 is 0. The summed E-state index contributed by atoms with van der Waals surface area (Å²) in [7, 11) is 6.75. The first kappa shape index (κ1) is 8.60. The van der Waals surface area contributed by atoms with Crippen molar-refractivity contribution >= 4 is 21.7 Å². The van der Waals surface area contributed by atoms with Crippen molar-refractivity contribution in [3.05, 3.63) is 0 Å². The Morgan fingerprint density at radius 3 is 2.88 bits per heavy atom. The molecule has 0 aromatic carbocycles. The average molecular weight is 154 g/mol. The van der Waals surface area contributed by atoms with Gasteiger partial charge in [0.2, 0.25) is 0 Å². The SMILES string of the molecule is CCNCCCSCl. The maximum Gasteiger partial charge on any atom is 0.00973 e. The quantitative estimate of drug-likeness (QED) is 0.606. The molecule has 8 heavy (non-hydrogen) atoms. The van der Waals surface area contributed by atoms with Gasteiger partial charge in [-0.05, 0) is 30.2 Å². The van der Waals surface area contributed by atoms with E-state index < -0.39 is 0 Å². The molecule has 0 saturated carbocycles. The summed E-state index contributed by atoms with van der Waals surface area (Å²) in [5, 5.41) is 3.21. The van der Waals surface area contributed by atoms with Gasteiger partial charge in [-0.2, -0.15) is 0 Å². The van der Waals surface area contributed by atoms with Gasteiger partial charge < -0.3 is 5.32 Å². The number of halogens is 1. The second kappa shape index (κ2) is 7.60. The Labute approximate surface area is 59.7 Å². The van der Waals surface area contributed by atoms with Gasteiger partial charge in [0.05, 0.1) is 0 Å². The first-order valence-corrected chi connectivity index (χ1v) is 4.67. The molecule has 0 aliphatic rings. The van der Waals surface area contributed by atoms with Crippen molar-refractivity contribution in [2.75, 3.05) is 18.8 Å². The summed E-state index contributed by atoms with van der Waals surface area (Å²) in [5.74, 6) is 1.05. The third-order valence-electron chi connectivity index (χ3n) is 0.825. The third kappa shape index (κ3) is 6.60. The third-order valence-corrected chi connectivity index (χ3v) is 1.73. The summed E-state index contributed by atoms with van der Waals surface area (Å²) in [6, 6.07) is 0. The van der Waals surface area contributed by atoms with E-state index in [0.29, 0.717) is 0 Å². The lowest BCUT2D eigenvalue weighted by atomic mass is 10.5. The predicted octanol–water partition coefficient (Wildman–Crippen LogP) is 1.87. The van der Waals surface area contributed by atoms with E-state index in [-0.39, 0.29) is 0 Å². The minimum Gasteiger partial charge on any atom is -0.317 e. The Balaban J connectivity index is 2.53. The van der Waals surface area contributed by atoms with E-state index in [4.69, 9.17) is 10.7 Å². The first-order valence-electron chi connectivity index (χ1n) is 2.86. The minimum absolute atomic E-state index is 1.05. The zero-order chi connectivity index (χ0) is 6.24. The molecule has 0 unspecified atom stereocenters. The summed E-state index contributed by atoms with van der Waals surface area (Å²) in [6.07, 6.45) is 1.17. The molecule has 1 N–H and O–H groups in total. The molecule has 0 fully saturated rings. The highest BCUT2D eigenvalue weighted by molar-refractivity contribution is 8.21. The standard InChI is InChI=1S/C5H12ClNS/c1-2-7-4-3-5-8-6/h7H,2-5H2,1H3. The first-order chi connectivity index (χ1) is 3.91. The average Bonchev–Trinajstić information content (AvgIpc) is 1.81. The maximum absolute atomic E-state index is 5.37. The second-order valence-corrected chi connectivity index (χ2v) is 2.80. The van der Waals surface area contributed by atoms with Crippen LogP contribution in [-0.2, 0) is 0 Å². The Morgan fingerprint density at radius 2 is 2.38 bits per heavy atom. The number of rotatable bonds is 5. The van der Waals surface area contributed by atoms with Crippen LogP contribution in [0.4, 0.5) is 0 Å². The molecular formula is C5H12ClNS. The fourth-order valence-electron chi connectivity index (χ4n) is 0.428. The van der Waals surface area contributed by atoms with Gasteiger partial charge in [-0.25, -0.2) is 0 Å². The minimum atomic E-state index is 1.05. The lowest BCUT2D eigenvalue weighted by Gasteiger charge is -1.96. The molecule has 0 aliphatic carbocycles. The van der Waals surface area contributed by atoms with Crippen LogP contribution in [0, 0.1) is 0 Å². The van der Waals surface area contributed by atoms with Gasteiger partial charge in [-0.15, -0.1) is 0 Å². The van der Waals surface area contributed by atoms with E-state index in [9.17, 15) is 0 Å². The van der Waals surface area contributed by atoms with E-state index in [2.05, 4.69) is 12.2 Å². The van der Waals surface area contributed by atoms with Crippen LogP contribution in [0.2, 0.25) is 0 Å². The zero-order valence-corrected chi connectivity index (χ0v) is 6.69. The van der Waals surface area contributed by atoms with Gasteiger partial charge in [0, 0.05) is 5.75 Å². The van der Waals surface area contributed by atoms with Crippen LogP contribution in [0.3, 0.4) is 0 Å². The lowest BCUT2D eigenvalue weighted by Crippen LogP contribution is -2.14. The van der Waals surface area contributed by atoms with Crippen molar-refractivity contribution in [1.29, 1.82) is 0 Å². The van der Waals surface area contributed by atoms with Gasteiger partial charge in [-0.1, -0.05) is 17.9 Å². The monoisotopic (exact) mass is 153 g/mol. The maximum atomic E-state index is 5.37. The number of nitrogens with one attached hydrogen (secondary N) is 1. The summed E-state index contributed by atoms with van der Waals surface area (Å²) >= 11 is 0. The lowest BCUT2D eigenvalue weighted by molar-refractivity contribution is 0.708. The summed E-state index contributed by atoms with van der Waals surface area (Å²) in [6.45, 7) is 4.26. The largest absolute Gasteiger partial charge is 0.317 e. The highest BCUT2D eigenvalue weighted by Gasteiger charge is 1.83. The summed E-state index contributed by atoms with van der Waals surface area (Å²) in [5.41, 5.74) is 0. The van der Waals surface area contributed by atoms with Crippen LogP contribution in [0.25, 0.3) is 0 Å². The smallest absolute Gasteiger partial charge is 0.00973 e. The molecule has 1 nitrogen and oxygen atoms in total. The van der Waals surface area contributed by atoms with E-state index >= 15 is 0 Å². The molecule has 0 aromatic heterocycles. The molecule has 0 amide bonds. The van der Waals surface area contributed by atoms with Crippen LogP contribution >= 0.6 is 21.7 Å². The fraction of sp³-hybridized carbons (Fsp3) is 1.00. The topological polar surface area (TPSA) is 12.0 Å². The fourth-order valence-corrected chi connectivity index (χ4v) is 1.01. The van der Waals surface area contributed by atoms with Crippen molar-refractivity contribution in [2.45, 2.75) is 13.3 Å². The van der Waals surface area contributed by atoms with E-state index in [1.165, 1.54) is 17.4 Å². The van der Waals surface area contributed by atoms with Crippen LogP contribution in [0.1, 0.15) is 13.3 Å². The van der Waals surface area contributed by atoms with Crippen molar-refractivity contribution in [3.63, 3.8) is 0 Å². The van der Waals surface area contributed by atoms with Gasteiger partial charge in [0.15, 0.2) is 0 Å².